The van der Waals surface area contributed by atoms with Crippen molar-refractivity contribution in [1.29, 1.82) is 0 Å². The highest BCUT2D eigenvalue weighted by molar-refractivity contribution is 6.26. The minimum absolute atomic E-state index is 1.15. The van der Waals surface area contributed by atoms with Gasteiger partial charge in [-0.3, -0.25) is 0 Å². The lowest BCUT2D eigenvalue weighted by molar-refractivity contribution is 1.15. The molecule has 52 heavy (non-hydrogen) atoms. The van der Waals surface area contributed by atoms with Crippen LogP contribution >= 0.6 is 0 Å². The van der Waals surface area contributed by atoms with Gasteiger partial charge in [0.15, 0.2) is 0 Å². The van der Waals surface area contributed by atoms with Gasteiger partial charge in [-0.15, -0.1) is 0 Å². The van der Waals surface area contributed by atoms with E-state index in [0.717, 1.165) is 11.4 Å². The SMILES string of the molecule is c1ccc(-c2cc3ccc4cccc5c4c3c(c2)n5-c2ccc(-n3c4cccc5ccc6cc(-c7cccc8ccccc78)cc3c6c54)cc2)cc1. The molecule has 0 spiro atoms. The van der Waals surface area contributed by atoms with Gasteiger partial charge >= 0.3 is 0 Å². The van der Waals surface area contributed by atoms with E-state index in [4.69, 9.17) is 0 Å². The Bertz CT molecular complexity index is 3320. The first-order chi connectivity index (χ1) is 25.8. The highest BCUT2D eigenvalue weighted by Crippen LogP contribution is 2.44. The van der Waals surface area contributed by atoms with Gasteiger partial charge in [0.25, 0.3) is 0 Å². The van der Waals surface area contributed by atoms with Crippen molar-refractivity contribution in [3.8, 4) is 33.6 Å². The monoisotopic (exact) mass is 658 g/mol. The summed E-state index contributed by atoms with van der Waals surface area (Å²) in [5.41, 5.74) is 12.2. The molecule has 0 N–H and O–H groups in total. The molecule has 2 heteroatoms. The van der Waals surface area contributed by atoms with Gasteiger partial charge in [-0.1, -0.05) is 121 Å². The van der Waals surface area contributed by atoms with E-state index in [2.05, 4.69) is 191 Å². The predicted octanol–water partition coefficient (Wildman–Crippen LogP) is 13.5. The third-order valence-corrected chi connectivity index (χ3v) is 11.4. The zero-order valence-corrected chi connectivity index (χ0v) is 28.2. The highest BCUT2D eigenvalue weighted by atomic mass is 15.0. The molecule has 12 aromatic rings. The summed E-state index contributed by atoms with van der Waals surface area (Å²) in [5, 5.41) is 12.9. The fourth-order valence-corrected chi connectivity index (χ4v) is 9.12. The molecule has 0 saturated heterocycles. The van der Waals surface area contributed by atoms with Gasteiger partial charge in [-0.05, 0) is 115 Å². The topological polar surface area (TPSA) is 9.86 Å². The average molecular weight is 659 g/mol. The molecule has 0 aliphatic rings. The Morgan fingerprint density at radius 3 is 1.40 bits per heavy atom. The first-order valence-electron chi connectivity index (χ1n) is 18.0. The van der Waals surface area contributed by atoms with Crippen molar-refractivity contribution in [2.24, 2.45) is 0 Å². The van der Waals surface area contributed by atoms with E-state index in [0.29, 0.717) is 0 Å². The van der Waals surface area contributed by atoms with Gasteiger partial charge in [0.2, 0.25) is 0 Å². The van der Waals surface area contributed by atoms with Crippen LogP contribution in [0.4, 0.5) is 0 Å². The quantitative estimate of drug-likeness (QED) is 0.167. The molecule has 0 aliphatic heterocycles. The maximum Gasteiger partial charge on any atom is 0.0553 e. The minimum Gasteiger partial charge on any atom is -0.309 e. The number of benzene rings is 10. The fourth-order valence-electron chi connectivity index (χ4n) is 9.12. The first kappa shape index (κ1) is 27.9. The second-order valence-electron chi connectivity index (χ2n) is 14.1. The third kappa shape index (κ3) is 3.78. The highest BCUT2D eigenvalue weighted by Gasteiger charge is 2.21. The molecule has 0 bridgehead atoms. The molecular weight excluding hydrogens is 629 g/mol. The van der Waals surface area contributed by atoms with Crippen molar-refractivity contribution in [3.05, 3.63) is 182 Å². The number of nitrogens with zero attached hydrogens (tertiary/aromatic N) is 2. The molecule has 0 unspecified atom stereocenters. The van der Waals surface area contributed by atoms with Crippen molar-refractivity contribution in [2.75, 3.05) is 0 Å². The lowest BCUT2D eigenvalue weighted by Crippen LogP contribution is -1.97. The third-order valence-electron chi connectivity index (χ3n) is 11.4. The second kappa shape index (κ2) is 10.3. The smallest absolute Gasteiger partial charge is 0.0553 e. The van der Waals surface area contributed by atoms with Crippen LogP contribution in [0, 0.1) is 0 Å². The van der Waals surface area contributed by atoms with Gasteiger partial charge in [0.05, 0.1) is 22.1 Å². The molecule has 2 aromatic heterocycles. The lowest BCUT2D eigenvalue weighted by atomic mass is 9.94. The first-order valence-corrected chi connectivity index (χ1v) is 18.0. The van der Waals surface area contributed by atoms with Crippen LogP contribution in [0.3, 0.4) is 0 Å². The fraction of sp³-hybridized carbons (Fsp3) is 0. The van der Waals surface area contributed by atoms with Crippen LogP contribution in [-0.2, 0) is 0 Å². The summed E-state index contributed by atoms with van der Waals surface area (Å²) in [6, 6.07) is 67.3. The molecule has 2 nitrogen and oxygen atoms in total. The summed E-state index contributed by atoms with van der Waals surface area (Å²) >= 11 is 0. The Hall–Kier alpha value is -6.90. The number of rotatable bonds is 4. The summed E-state index contributed by atoms with van der Waals surface area (Å²) in [7, 11) is 0. The predicted molar refractivity (Wildman–Crippen MR) is 221 cm³/mol. The van der Waals surface area contributed by atoms with E-state index in [9.17, 15) is 0 Å². The standard InChI is InChI=1S/C50H30N2/c1-2-9-31(10-3-1)37-27-35-21-19-33-13-7-17-43-47(33)49(35)45(29-37)51(43)39-23-25-40(26-24-39)52-44-18-8-14-34-20-22-36-28-38(30-46(52)50(36)48(34)44)42-16-6-12-32-11-4-5-15-41(32)42/h1-30H. The number of fused-ring (bicyclic) bond motifs is 1. The maximum atomic E-state index is 2.47. The van der Waals surface area contributed by atoms with Crippen molar-refractivity contribution in [1.82, 2.24) is 9.13 Å². The zero-order chi connectivity index (χ0) is 33.9. The lowest BCUT2D eigenvalue weighted by Gasteiger charge is -2.13. The second-order valence-corrected chi connectivity index (χ2v) is 14.1. The summed E-state index contributed by atoms with van der Waals surface area (Å²) < 4.78 is 4.93. The molecule has 12 rings (SSSR count). The largest absolute Gasteiger partial charge is 0.309 e. The number of hydrogen-bond donors (Lipinski definition) is 0. The summed E-state index contributed by atoms with van der Waals surface area (Å²) in [6.07, 6.45) is 0. The van der Waals surface area contributed by atoms with Crippen molar-refractivity contribution in [3.63, 3.8) is 0 Å². The van der Waals surface area contributed by atoms with Gasteiger partial charge < -0.3 is 9.13 Å². The van der Waals surface area contributed by atoms with Gasteiger partial charge in [-0.2, -0.15) is 0 Å². The summed E-state index contributed by atoms with van der Waals surface area (Å²) in [6.45, 7) is 0. The molecule has 10 aromatic carbocycles. The average Bonchev–Trinajstić information content (AvgIpc) is 3.73. The molecule has 2 heterocycles. The van der Waals surface area contributed by atoms with Gasteiger partial charge in [0, 0.05) is 32.9 Å². The van der Waals surface area contributed by atoms with Crippen LogP contribution in [0.25, 0.3) is 110 Å². The number of aromatic nitrogens is 2. The van der Waals surface area contributed by atoms with E-state index in [1.165, 1.54) is 98.2 Å². The van der Waals surface area contributed by atoms with Crippen molar-refractivity contribution >= 4 is 75.9 Å². The van der Waals surface area contributed by atoms with Crippen molar-refractivity contribution < 1.29 is 0 Å². The maximum absolute atomic E-state index is 2.47. The van der Waals surface area contributed by atoms with Crippen LogP contribution in [0.15, 0.2) is 182 Å². The zero-order valence-electron chi connectivity index (χ0n) is 28.2. The van der Waals surface area contributed by atoms with E-state index in [1.807, 2.05) is 0 Å². The van der Waals surface area contributed by atoms with Crippen LogP contribution in [0.1, 0.15) is 0 Å². The van der Waals surface area contributed by atoms with Gasteiger partial charge in [-0.25, -0.2) is 0 Å². The van der Waals surface area contributed by atoms with Crippen molar-refractivity contribution in [2.45, 2.75) is 0 Å². The molecule has 0 saturated carbocycles. The molecule has 0 atom stereocenters. The Labute approximate surface area is 299 Å². The molecule has 0 aliphatic carbocycles. The number of hydrogen-bond acceptors (Lipinski definition) is 0. The molecule has 0 amide bonds. The Kier molecular flexibility index (Phi) is 5.53. The van der Waals surface area contributed by atoms with Crippen LogP contribution in [0.5, 0.6) is 0 Å². The molecule has 240 valence electrons. The molecular formula is C50H30N2. The summed E-state index contributed by atoms with van der Waals surface area (Å²) in [4.78, 5) is 0. The normalized spacial score (nSPS) is 12.2. The van der Waals surface area contributed by atoms with Crippen LogP contribution in [0.2, 0.25) is 0 Å². The van der Waals surface area contributed by atoms with Crippen LogP contribution < -0.4 is 0 Å². The Morgan fingerprint density at radius 2 is 0.750 bits per heavy atom. The van der Waals surface area contributed by atoms with E-state index >= 15 is 0 Å². The van der Waals surface area contributed by atoms with Gasteiger partial charge in [0.1, 0.15) is 0 Å². The van der Waals surface area contributed by atoms with E-state index < -0.39 is 0 Å². The Morgan fingerprint density at radius 1 is 0.269 bits per heavy atom. The van der Waals surface area contributed by atoms with Crippen LogP contribution in [-0.4, -0.2) is 9.13 Å². The summed E-state index contributed by atoms with van der Waals surface area (Å²) in [5.74, 6) is 0. The van der Waals surface area contributed by atoms with E-state index in [1.54, 1.807) is 0 Å². The van der Waals surface area contributed by atoms with E-state index in [-0.39, 0.29) is 0 Å². The minimum atomic E-state index is 1.15. The molecule has 0 radical (unpaired) electrons. The molecule has 0 fully saturated rings. The Balaban J connectivity index is 1.09.